The van der Waals surface area contributed by atoms with Gasteiger partial charge in [-0.1, -0.05) is 57.5 Å². The summed E-state index contributed by atoms with van der Waals surface area (Å²) in [6.45, 7) is 2.43. The normalized spacial score (nSPS) is 20.8. The third-order valence-corrected chi connectivity index (χ3v) is 12.8. The predicted molar refractivity (Wildman–Crippen MR) is 219 cm³/mol. The van der Waals surface area contributed by atoms with Gasteiger partial charge >= 0.3 is 23.5 Å². The Morgan fingerprint density at radius 2 is 1.69 bits per heavy atom. The number of nitrogens with one attached hydrogen (secondary N) is 2. The van der Waals surface area contributed by atoms with Crippen molar-refractivity contribution in [2.75, 3.05) is 37.8 Å². The number of thioether (sulfide) groups is 1. The van der Waals surface area contributed by atoms with E-state index in [9.17, 15) is 62.7 Å². The van der Waals surface area contributed by atoms with Crippen LogP contribution in [0.4, 0.5) is 5.82 Å². The molecule has 29 heteroatoms. The van der Waals surface area contributed by atoms with Crippen molar-refractivity contribution in [1.29, 1.82) is 0 Å². The highest BCUT2D eigenvalue weighted by Gasteiger charge is 2.50. The van der Waals surface area contributed by atoms with E-state index in [1.807, 2.05) is 12.2 Å². The summed E-state index contributed by atoms with van der Waals surface area (Å²) < 4.78 is 62.2. The zero-order valence-electron chi connectivity index (χ0n) is 34.1. The Morgan fingerprint density at radius 1 is 1.00 bits per heavy atom. The maximum atomic E-state index is 12.7. The molecule has 2 aromatic heterocycles. The fourth-order valence-electron chi connectivity index (χ4n) is 5.59. The van der Waals surface area contributed by atoms with Gasteiger partial charge in [0.15, 0.2) is 22.8 Å². The van der Waals surface area contributed by atoms with Gasteiger partial charge < -0.3 is 50.9 Å². The van der Waals surface area contributed by atoms with E-state index in [2.05, 4.69) is 41.3 Å². The number of aliphatic hydroxyl groups is 2. The number of phosphoric acid groups is 3. The standard InChI is InChI=1S/C33H54N7O18P3S/c1-4-5-6-7-8-9-10-11-21(41)16-24(43)62-15-14-35-23(42)12-13-36-31(46)28(45)33(2,3)18-55-61(52,53)58-60(50,51)54-17-22-27(57-59(47,48)49)26(44)32(56-22)40-20-39-25-29(34)37-19-38-30(25)40/h8-9,19-20,22,26-28,32,44-45H,4-7,10-18H2,1-3H3,(H,35,42)(H,36,46)(H,50,51)(H,52,53)(H2,34,37,38)(H2,47,48,49)/b9-8-/t22-,26-,27-,28+,32-/m1/s1. The molecule has 3 rings (SSSR count). The summed E-state index contributed by atoms with van der Waals surface area (Å²) >= 11 is 0.912. The Kier molecular flexibility index (Phi) is 20.9. The smallest absolute Gasteiger partial charge is 0.386 e. The number of nitrogens with two attached hydrogens (primary N) is 1. The lowest BCUT2D eigenvalue weighted by Gasteiger charge is -2.30. The van der Waals surface area contributed by atoms with Crippen LogP contribution in [0.2, 0.25) is 0 Å². The first kappa shape index (κ1) is 53.3. The van der Waals surface area contributed by atoms with Crippen molar-refractivity contribution in [2.45, 2.75) is 103 Å². The zero-order chi connectivity index (χ0) is 46.3. The molecule has 1 fully saturated rings. The van der Waals surface area contributed by atoms with E-state index in [1.54, 1.807) is 0 Å². The summed E-state index contributed by atoms with van der Waals surface area (Å²) in [5.74, 6) is -1.48. The molecule has 0 radical (unpaired) electrons. The molecule has 0 bridgehead atoms. The molecule has 2 unspecified atom stereocenters. The highest BCUT2D eigenvalue weighted by atomic mass is 32.2. The fourth-order valence-corrected chi connectivity index (χ4v) is 9.11. The number of ether oxygens (including phenoxy) is 1. The molecule has 1 saturated heterocycles. The third kappa shape index (κ3) is 17.9. The summed E-state index contributed by atoms with van der Waals surface area (Å²) in [5, 5.41) is 26.1. The number of unbranched alkanes of at least 4 members (excludes halogenated alkanes) is 3. The molecule has 25 nitrogen and oxygen atoms in total. The quantitative estimate of drug-likeness (QED) is 0.0253. The molecule has 0 saturated carbocycles. The summed E-state index contributed by atoms with van der Waals surface area (Å²) in [7, 11) is -16.4. The Morgan fingerprint density at radius 3 is 2.39 bits per heavy atom. The number of amides is 2. The molecule has 2 amide bonds. The number of ketones is 1. The second-order valence-corrected chi connectivity index (χ2v) is 19.9. The largest absolute Gasteiger partial charge is 0.481 e. The number of hydrogen-bond acceptors (Lipinski definition) is 19. The Labute approximate surface area is 360 Å². The van der Waals surface area contributed by atoms with Gasteiger partial charge in [-0.05, 0) is 19.3 Å². The van der Waals surface area contributed by atoms with Crippen molar-refractivity contribution < 1.29 is 85.3 Å². The average molecular weight is 962 g/mol. The van der Waals surface area contributed by atoms with Gasteiger partial charge in [-0.15, -0.1) is 0 Å². The maximum Gasteiger partial charge on any atom is 0.481 e. The lowest BCUT2D eigenvalue weighted by Crippen LogP contribution is -2.46. The summed E-state index contributed by atoms with van der Waals surface area (Å²) in [4.78, 5) is 100.0. The van der Waals surface area contributed by atoms with Crippen LogP contribution in [0.25, 0.3) is 11.2 Å². The van der Waals surface area contributed by atoms with Crippen LogP contribution < -0.4 is 16.4 Å². The van der Waals surface area contributed by atoms with Gasteiger partial charge in [-0.3, -0.25) is 37.3 Å². The van der Waals surface area contributed by atoms with Crippen molar-refractivity contribution in [3.63, 3.8) is 0 Å². The molecule has 7 atom stereocenters. The van der Waals surface area contributed by atoms with Gasteiger partial charge in [-0.2, -0.15) is 4.31 Å². The van der Waals surface area contributed by atoms with Crippen LogP contribution in [0, 0.1) is 5.41 Å². The lowest BCUT2D eigenvalue weighted by molar-refractivity contribution is -0.137. The van der Waals surface area contributed by atoms with Gasteiger partial charge in [0.25, 0.3) is 0 Å². The van der Waals surface area contributed by atoms with E-state index in [-0.39, 0.29) is 66.0 Å². The first-order valence-electron chi connectivity index (χ1n) is 19.2. The number of hydrogen-bond donors (Lipinski definition) is 9. The Balaban J connectivity index is 1.40. The van der Waals surface area contributed by atoms with E-state index >= 15 is 0 Å². The van der Waals surface area contributed by atoms with Crippen molar-refractivity contribution >= 4 is 74.9 Å². The molecule has 3 heterocycles. The van der Waals surface area contributed by atoms with Gasteiger partial charge in [0, 0.05) is 37.1 Å². The summed E-state index contributed by atoms with van der Waals surface area (Å²) in [6, 6.07) is 0. The average Bonchev–Trinajstić information content (AvgIpc) is 3.74. The third-order valence-electron chi connectivity index (χ3n) is 8.84. The van der Waals surface area contributed by atoms with Crippen LogP contribution in [-0.4, -0.2) is 128 Å². The van der Waals surface area contributed by atoms with Gasteiger partial charge in [-0.25, -0.2) is 28.6 Å². The first-order valence-corrected chi connectivity index (χ1v) is 24.7. The number of nitrogen functional groups attached to an aromatic ring is 1. The number of aliphatic hydroxyl groups excluding tert-OH is 2. The van der Waals surface area contributed by atoms with Crippen LogP contribution in [0.15, 0.2) is 24.8 Å². The van der Waals surface area contributed by atoms with Crippen molar-refractivity contribution in [1.82, 2.24) is 30.2 Å². The number of phosphoric ester groups is 3. The van der Waals surface area contributed by atoms with E-state index in [1.165, 1.54) is 13.8 Å². The molecule has 10 N–H and O–H groups in total. The minimum atomic E-state index is -5.59. The minimum absolute atomic E-state index is 0.0245. The molecular formula is C33H54N7O18P3S. The fraction of sp³-hybridized carbons (Fsp3) is 0.667. The lowest BCUT2D eigenvalue weighted by atomic mass is 9.87. The Bertz CT molecular complexity index is 2020. The number of nitrogens with zero attached hydrogens (tertiary/aromatic N) is 4. The zero-order valence-corrected chi connectivity index (χ0v) is 37.6. The molecule has 1 aliphatic rings. The molecule has 0 aliphatic carbocycles. The Hall–Kier alpha value is -3.03. The topological polar surface area (TPSA) is 381 Å². The second-order valence-electron chi connectivity index (χ2n) is 14.5. The second kappa shape index (κ2) is 24.3. The van der Waals surface area contributed by atoms with Crippen LogP contribution in [0.3, 0.4) is 0 Å². The number of carbonyl (C=O) groups excluding carboxylic acids is 4. The molecule has 1 aliphatic heterocycles. The summed E-state index contributed by atoms with van der Waals surface area (Å²) in [6.07, 6.45) is 1.94. The van der Waals surface area contributed by atoms with Gasteiger partial charge in [0.05, 0.1) is 26.0 Å². The monoisotopic (exact) mass is 961 g/mol. The minimum Gasteiger partial charge on any atom is -0.386 e. The molecule has 350 valence electrons. The van der Waals surface area contributed by atoms with E-state index in [4.69, 9.17) is 19.5 Å². The van der Waals surface area contributed by atoms with Crippen LogP contribution in [0.1, 0.15) is 78.4 Å². The number of allylic oxidation sites excluding steroid dienone is 2. The molecule has 0 spiro atoms. The number of Topliss-reactive ketones (excluding diaryl/α,β-unsaturated/α-hetero) is 1. The number of aromatic nitrogens is 4. The number of anilines is 1. The van der Waals surface area contributed by atoms with Gasteiger partial charge in [0.1, 0.15) is 42.0 Å². The number of imidazole rings is 1. The van der Waals surface area contributed by atoms with E-state index in [0.717, 1.165) is 54.7 Å². The molecule has 62 heavy (non-hydrogen) atoms. The van der Waals surface area contributed by atoms with Crippen molar-refractivity contribution in [3.8, 4) is 0 Å². The maximum absolute atomic E-state index is 12.7. The van der Waals surface area contributed by atoms with Crippen LogP contribution in [-0.2, 0) is 55.5 Å². The highest BCUT2D eigenvalue weighted by molar-refractivity contribution is 8.13. The number of fused-ring (bicyclic) bond motifs is 1. The summed E-state index contributed by atoms with van der Waals surface area (Å²) in [5.41, 5.74) is 4.23. The van der Waals surface area contributed by atoms with Gasteiger partial charge in [0.2, 0.25) is 11.8 Å². The van der Waals surface area contributed by atoms with E-state index < -0.39 is 84.6 Å². The SMILES string of the molecule is CCCCC/C=C\CCC(=O)CC(=O)SCCNC(=O)CCNC(=O)[C@H](O)C(C)(C)COP(=O)(O)OP(=O)(O)OC[C@H]1O[C@@H](n2cnc3c(N)ncnc32)[C@H](O)[C@@H]1OP(=O)(O)O. The first-order chi connectivity index (χ1) is 28.9. The van der Waals surface area contributed by atoms with Crippen molar-refractivity contribution in [3.05, 3.63) is 24.8 Å². The van der Waals surface area contributed by atoms with E-state index in [0.29, 0.717) is 6.42 Å². The van der Waals surface area contributed by atoms with Crippen LogP contribution >= 0.6 is 35.2 Å². The van der Waals surface area contributed by atoms with Crippen molar-refractivity contribution in [2.24, 2.45) is 5.41 Å². The highest BCUT2D eigenvalue weighted by Crippen LogP contribution is 2.61. The molecular weight excluding hydrogens is 907 g/mol. The number of rotatable bonds is 28. The molecule has 2 aromatic rings. The van der Waals surface area contributed by atoms with Crippen LogP contribution in [0.5, 0.6) is 0 Å². The molecule has 0 aromatic carbocycles. The predicted octanol–water partition coefficient (Wildman–Crippen LogP) is 1.54. The number of carbonyl (C=O) groups is 4.